The third-order valence-corrected chi connectivity index (χ3v) is 9.01. The number of allylic oxidation sites excluding steroid dienone is 1. The molecule has 222 valence electrons. The van der Waals surface area contributed by atoms with E-state index in [0.29, 0.717) is 17.5 Å². The summed E-state index contributed by atoms with van der Waals surface area (Å²) in [5.41, 5.74) is 8.40. The number of fused-ring (bicyclic) bond motifs is 4. The van der Waals surface area contributed by atoms with Gasteiger partial charge in [0.2, 0.25) is 0 Å². The minimum Gasteiger partial charge on any atom is -0.456 e. The van der Waals surface area contributed by atoms with Gasteiger partial charge >= 0.3 is 0 Å². The highest BCUT2D eigenvalue weighted by molar-refractivity contribution is 5.98. The van der Waals surface area contributed by atoms with Crippen LogP contribution in [0.1, 0.15) is 22.8 Å². The largest absolute Gasteiger partial charge is 0.456 e. The Bertz CT molecular complexity index is 2370. The van der Waals surface area contributed by atoms with Gasteiger partial charge in [-0.05, 0) is 35.1 Å². The summed E-state index contributed by atoms with van der Waals surface area (Å²) in [5, 5.41) is 3.41. The molecule has 0 fully saturated rings. The predicted octanol–water partition coefficient (Wildman–Crippen LogP) is 10.2. The van der Waals surface area contributed by atoms with Crippen LogP contribution in [-0.2, 0) is 6.42 Å². The molecule has 0 spiro atoms. The van der Waals surface area contributed by atoms with E-state index in [9.17, 15) is 0 Å². The number of furan rings is 1. The third-order valence-electron chi connectivity index (χ3n) is 9.01. The van der Waals surface area contributed by atoms with Crippen LogP contribution in [0.25, 0.3) is 73.1 Å². The fourth-order valence-electron chi connectivity index (χ4n) is 6.66. The number of benzene rings is 5. The summed E-state index contributed by atoms with van der Waals surface area (Å²) in [6.45, 7) is 0. The van der Waals surface area contributed by atoms with Gasteiger partial charge in [-0.3, -0.25) is 4.98 Å². The van der Waals surface area contributed by atoms with Crippen molar-refractivity contribution < 1.29 is 4.42 Å². The zero-order chi connectivity index (χ0) is 31.2. The van der Waals surface area contributed by atoms with Gasteiger partial charge < -0.3 is 4.42 Å². The molecular weight excluding hydrogens is 576 g/mol. The predicted molar refractivity (Wildman–Crippen MR) is 189 cm³/mol. The van der Waals surface area contributed by atoms with Gasteiger partial charge in [-0.1, -0.05) is 127 Å². The average Bonchev–Trinajstić information content (AvgIpc) is 3.53. The molecule has 1 atom stereocenters. The molecule has 3 heterocycles. The van der Waals surface area contributed by atoms with E-state index in [1.54, 1.807) is 0 Å². The zero-order valence-corrected chi connectivity index (χ0v) is 25.4. The van der Waals surface area contributed by atoms with Gasteiger partial charge in [0.25, 0.3) is 0 Å². The van der Waals surface area contributed by atoms with Crippen LogP contribution in [0.5, 0.6) is 0 Å². The second-order valence-electron chi connectivity index (χ2n) is 11.9. The van der Waals surface area contributed by atoms with Crippen molar-refractivity contribution in [2.45, 2.75) is 12.3 Å². The number of pyridine rings is 1. The van der Waals surface area contributed by atoms with Crippen molar-refractivity contribution in [1.29, 1.82) is 0 Å². The summed E-state index contributed by atoms with van der Waals surface area (Å²) in [6.07, 6.45) is 9.06. The first kappa shape index (κ1) is 27.1. The Morgan fingerprint density at radius 2 is 1.23 bits per heavy atom. The highest BCUT2D eigenvalue weighted by Crippen LogP contribution is 2.41. The molecule has 0 radical (unpaired) electrons. The smallest absolute Gasteiger partial charge is 0.164 e. The van der Waals surface area contributed by atoms with Gasteiger partial charge in [-0.2, -0.15) is 0 Å². The number of rotatable bonds is 5. The molecule has 1 aliphatic carbocycles. The van der Waals surface area contributed by atoms with Crippen LogP contribution in [0.4, 0.5) is 0 Å². The molecule has 0 amide bonds. The fourth-order valence-corrected chi connectivity index (χ4v) is 6.66. The summed E-state index contributed by atoms with van der Waals surface area (Å²) in [7, 11) is 0. The summed E-state index contributed by atoms with van der Waals surface area (Å²) in [4.78, 5) is 19.4. The third kappa shape index (κ3) is 4.89. The Balaban J connectivity index is 1.11. The molecule has 0 aliphatic heterocycles. The molecular formula is C42H28N4O. The Morgan fingerprint density at radius 1 is 0.553 bits per heavy atom. The van der Waals surface area contributed by atoms with Crippen LogP contribution in [-0.4, -0.2) is 19.9 Å². The molecule has 5 nitrogen and oxygen atoms in total. The monoisotopic (exact) mass is 604 g/mol. The molecule has 0 saturated heterocycles. The van der Waals surface area contributed by atoms with E-state index in [1.165, 1.54) is 16.5 Å². The lowest BCUT2D eigenvalue weighted by molar-refractivity contribution is 0.591. The Kier molecular flexibility index (Phi) is 6.53. The van der Waals surface area contributed by atoms with Gasteiger partial charge in [0.15, 0.2) is 17.5 Å². The molecule has 1 aliphatic rings. The summed E-state index contributed by atoms with van der Waals surface area (Å²) < 4.78 is 6.42. The van der Waals surface area contributed by atoms with E-state index in [4.69, 9.17) is 19.4 Å². The van der Waals surface area contributed by atoms with Crippen LogP contribution >= 0.6 is 0 Å². The number of nitrogens with zero attached hydrogens (tertiary/aromatic N) is 4. The van der Waals surface area contributed by atoms with Crippen LogP contribution in [0.3, 0.4) is 0 Å². The van der Waals surface area contributed by atoms with Crippen LogP contribution in [0.15, 0.2) is 150 Å². The van der Waals surface area contributed by atoms with Gasteiger partial charge in [0.1, 0.15) is 11.3 Å². The van der Waals surface area contributed by atoms with E-state index in [0.717, 1.165) is 56.4 Å². The molecule has 8 aromatic rings. The average molecular weight is 605 g/mol. The Hall–Kier alpha value is -6.20. The van der Waals surface area contributed by atoms with Crippen molar-refractivity contribution in [3.05, 3.63) is 163 Å². The van der Waals surface area contributed by atoms with Gasteiger partial charge in [-0.25, -0.2) is 15.0 Å². The van der Waals surface area contributed by atoms with E-state index in [-0.39, 0.29) is 5.92 Å². The molecule has 47 heavy (non-hydrogen) atoms. The van der Waals surface area contributed by atoms with Crippen LogP contribution in [0, 0.1) is 0 Å². The van der Waals surface area contributed by atoms with Gasteiger partial charge in [-0.15, -0.1) is 0 Å². The summed E-state index contributed by atoms with van der Waals surface area (Å²) in [5.74, 6) is 3.01. The van der Waals surface area contributed by atoms with Crippen molar-refractivity contribution in [3.8, 4) is 45.3 Å². The molecule has 1 unspecified atom stereocenters. The van der Waals surface area contributed by atoms with Crippen LogP contribution in [0.2, 0.25) is 0 Å². The summed E-state index contributed by atoms with van der Waals surface area (Å²) >= 11 is 0. The lowest BCUT2D eigenvalue weighted by Crippen LogP contribution is -2.05. The van der Waals surface area contributed by atoms with Crippen molar-refractivity contribution in [2.24, 2.45) is 0 Å². The molecule has 0 N–H and O–H groups in total. The van der Waals surface area contributed by atoms with Crippen molar-refractivity contribution in [2.75, 3.05) is 0 Å². The van der Waals surface area contributed by atoms with Crippen molar-refractivity contribution in [1.82, 2.24) is 19.9 Å². The van der Waals surface area contributed by atoms with Gasteiger partial charge in [0, 0.05) is 56.9 Å². The molecule has 0 saturated carbocycles. The number of hydrogen-bond acceptors (Lipinski definition) is 5. The maximum atomic E-state index is 6.42. The molecule has 3 aromatic heterocycles. The second-order valence-corrected chi connectivity index (χ2v) is 11.9. The number of aromatic nitrogens is 4. The van der Waals surface area contributed by atoms with E-state index >= 15 is 0 Å². The molecule has 5 heteroatoms. The lowest BCUT2D eigenvalue weighted by Gasteiger charge is -2.18. The lowest BCUT2D eigenvalue weighted by atomic mass is 9.85. The summed E-state index contributed by atoms with van der Waals surface area (Å²) in [6, 6.07) is 43.6. The highest BCUT2D eigenvalue weighted by Gasteiger charge is 2.25. The standard InChI is InChI=1S/C42H28N4O/c1-3-10-29(11-4-1)40-44-41(30-12-5-2-6-13-30)46-42(45-40)34-16-9-17-38-39(34)35-24-31(22-23-37(35)47-38)27-18-20-28(21-19-27)36-26-43-25-32-14-7-8-15-33(32)36/h1-23,25-26,31H,24H2. The second kappa shape index (κ2) is 11.3. The minimum absolute atomic E-state index is 0.203. The van der Waals surface area contributed by atoms with E-state index in [1.807, 2.05) is 85.2 Å². The molecule has 0 bridgehead atoms. The van der Waals surface area contributed by atoms with E-state index in [2.05, 4.69) is 71.7 Å². The zero-order valence-electron chi connectivity index (χ0n) is 25.4. The first-order valence-electron chi connectivity index (χ1n) is 15.8. The minimum atomic E-state index is 0.203. The van der Waals surface area contributed by atoms with E-state index < -0.39 is 0 Å². The first-order chi connectivity index (χ1) is 23.3. The van der Waals surface area contributed by atoms with Crippen LogP contribution < -0.4 is 0 Å². The number of hydrogen-bond donors (Lipinski definition) is 0. The highest BCUT2D eigenvalue weighted by atomic mass is 16.3. The maximum Gasteiger partial charge on any atom is 0.164 e. The quantitative estimate of drug-likeness (QED) is 0.196. The van der Waals surface area contributed by atoms with Gasteiger partial charge in [0.05, 0.1) is 0 Å². The Morgan fingerprint density at radius 3 is 1.98 bits per heavy atom. The SMILES string of the molecule is C1=CC(c2ccc(-c3cncc4ccccc34)cc2)Cc2c1oc1cccc(-c3nc(-c4ccccc4)nc(-c4ccccc4)n3)c21. The molecule has 5 aromatic carbocycles. The molecule has 9 rings (SSSR count). The first-order valence-corrected chi connectivity index (χ1v) is 15.8. The normalized spacial score (nSPS) is 14.0. The maximum absolute atomic E-state index is 6.42. The fraction of sp³-hybridized carbons (Fsp3) is 0.0476. The Labute approximate surface area is 272 Å². The topological polar surface area (TPSA) is 64.7 Å². The van der Waals surface area contributed by atoms with Crippen molar-refractivity contribution in [3.63, 3.8) is 0 Å². The van der Waals surface area contributed by atoms with Crippen molar-refractivity contribution >= 4 is 27.8 Å².